The second kappa shape index (κ2) is 8.39. The van der Waals surface area contributed by atoms with Gasteiger partial charge in [-0.05, 0) is 51.8 Å². The number of amides is 1. The van der Waals surface area contributed by atoms with Gasteiger partial charge in [0.15, 0.2) is 0 Å². The first kappa shape index (κ1) is 19.7. The molecule has 1 amide bonds. The Labute approximate surface area is 182 Å². The van der Waals surface area contributed by atoms with Crippen LogP contribution in [0.5, 0.6) is 5.75 Å². The number of nitriles is 1. The Morgan fingerprint density at radius 3 is 2.50 bits per heavy atom. The molecule has 0 bridgehead atoms. The first-order valence-corrected chi connectivity index (χ1v) is 10.0. The molecule has 0 radical (unpaired) electrons. The van der Waals surface area contributed by atoms with E-state index in [4.69, 9.17) is 5.26 Å². The minimum atomic E-state index is -0.121. The summed E-state index contributed by atoms with van der Waals surface area (Å²) in [5, 5.41) is 19.4. The molecule has 4 rings (SSSR count). The fraction of sp³-hybridized carbons (Fsp3) is 0.0870. The summed E-state index contributed by atoms with van der Waals surface area (Å²) in [6.45, 7) is 0.648. The molecule has 0 atom stereocenters. The topological polar surface area (TPSA) is 79.9 Å². The van der Waals surface area contributed by atoms with E-state index in [1.807, 2.05) is 65.6 Å². The van der Waals surface area contributed by atoms with E-state index >= 15 is 0 Å². The minimum Gasteiger partial charge on any atom is -0.506 e. The molecule has 6 nitrogen and oxygen atoms in total. The predicted molar refractivity (Wildman–Crippen MR) is 118 cm³/mol. The lowest BCUT2D eigenvalue weighted by atomic mass is 10.2. The van der Waals surface area contributed by atoms with Crippen LogP contribution in [0.4, 0.5) is 11.4 Å². The highest BCUT2D eigenvalue weighted by atomic mass is 79.9. The van der Waals surface area contributed by atoms with Gasteiger partial charge in [-0.25, -0.2) is 9.89 Å². The van der Waals surface area contributed by atoms with E-state index in [1.165, 1.54) is 6.07 Å². The van der Waals surface area contributed by atoms with Gasteiger partial charge in [-0.2, -0.15) is 5.26 Å². The third kappa shape index (κ3) is 3.91. The van der Waals surface area contributed by atoms with E-state index in [1.54, 1.807) is 17.0 Å². The quantitative estimate of drug-likeness (QED) is 0.618. The molecule has 0 saturated carbocycles. The number of nitrogens with zero attached hydrogens (tertiary/aromatic N) is 4. The summed E-state index contributed by atoms with van der Waals surface area (Å²) < 4.78 is 0.761. The molecule has 0 unspecified atom stereocenters. The maximum Gasteiger partial charge on any atom is 0.253 e. The normalized spacial score (nSPS) is 14.9. The number of carbonyl (C=O) groups is 1. The number of carbonyl (C=O) groups excluding carboxylic acids is 1. The van der Waals surface area contributed by atoms with Crippen LogP contribution in [0.3, 0.4) is 0 Å². The number of benzene rings is 3. The van der Waals surface area contributed by atoms with Gasteiger partial charge in [-0.3, -0.25) is 4.79 Å². The number of para-hydroxylation sites is 1. The number of anilines is 1. The molecule has 0 aliphatic carbocycles. The molecule has 1 aliphatic rings. The van der Waals surface area contributed by atoms with Gasteiger partial charge in [0.2, 0.25) is 5.96 Å². The number of hydrogen-bond donors (Lipinski definition) is 1. The van der Waals surface area contributed by atoms with Gasteiger partial charge in [0.25, 0.3) is 5.91 Å². The highest BCUT2D eigenvalue weighted by Crippen LogP contribution is 2.33. The fourth-order valence-corrected chi connectivity index (χ4v) is 3.74. The number of aliphatic imine (C=N–C) groups is 1. The molecule has 1 saturated heterocycles. The van der Waals surface area contributed by atoms with E-state index in [-0.39, 0.29) is 23.9 Å². The number of halogens is 1. The monoisotopic (exact) mass is 460 g/mol. The summed E-state index contributed by atoms with van der Waals surface area (Å²) >= 11 is 3.51. The second-order valence-electron chi connectivity index (χ2n) is 6.75. The summed E-state index contributed by atoms with van der Waals surface area (Å²) in [5.41, 5.74) is 2.33. The van der Waals surface area contributed by atoms with Crippen LogP contribution in [0.15, 0.2) is 82.3 Å². The van der Waals surface area contributed by atoms with Crippen molar-refractivity contribution in [1.29, 1.82) is 5.26 Å². The molecule has 1 fully saturated rings. The summed E-state index contributed by atoms with van der Waals surface area (Å²) in [6, 6.07) is 23.7. The van der Waals surface area contributed by atoms with E-state index in [0.29, 0.717) is 23.8 Å². The van der Waals surface area contributed by atoms with Gasteiger partial charge < -0.3 is 10.0 Å². The molecule has 148 valence electrons. The number of hydrogen-bond acceptors (Lipinski definition) is 4. The van der Waals surface area contributed by atoms with E-state index in [0.717, 1.165) is 10.0 Å². The van der Waals surface area contributed by atoms with Crippen LogP contribution in [0.2, 0.25) is 0 Å². The number of rotatable bonds is 4. The van der Waals surface area contributed by atoms with Crippen LogP contribution in [-0.4, -0.2) is 28.4 Å². The van der Waals surface area contributed by atoms with E-state index < -0.39 is 0 Å². The van der Waals surface area contributed by atoms with Crippen molar-refractivity contribution in [2.45, 2.75) is 6.54 Å². The van der Waals surface area contributed by atoms with Crippen molar-refractivity contribution in [3.8, 4) is 11.8 Å². The van der Waals surface area contributed by atoms with Crippen molar-refractivity contribution in [1.82, 2.24) is 4.90 Å². The predicted octanol–water partition coefficient (Wildman–Crippen LogP) is 4.56. The van der Waals surface area contributed by atoms with Crippen molar-refractivity contribution in [3.05, 3.63) is 88.4 Å². The van der Waals surface area contributed by atoms with Crippen molar-refractivity contribution in [2.24, 2.45) is 4.99 Å². The van der Waals surface area contributed by atoms with Crippen molar-refractivity contribution in [2.75, 3.05) is 11.4 Å². The van der Waals surface area contributed by atoms with Crippen molar-refractivity contribution < 1.29 is 9.90 Å². The van der Waals surface area contributed by atoms with Gasteiger partial charge in [0, 0.05) is 11.0 Å². The SMILES string of the molecule is N#Cc1ccc(N=C2N(Cc3ccccc3)CC(=O)N2c2ccccc2Br)c(O)c1. The summed E-state index contributed by atoms with van der Waals surface area (Å²) in [7, 11) is 0. The lowest BCUT2D eigenvalue weighted by molar-refractivity contribution is -0.116. The lowest BCUT2D eigenvalue weighted by Gasteiger charge is -2.23. The van der Waals surface area contributed by atoms with Crippen molar-refractivity contribution in [3.63, 3.8) is 0 Å². The largest absolute Gasteiger partial charge is 0.506 e. The van der Waals surface area contributed by atoms with Gasteiger partial charge >= 0.3 is 0 Å². The molecule has 1 aliphatic heterocycles. The van der Waals surface area contributed by atoms with Crippen LogP contribution in [0.25, 0.3) is 0 Å². The minimum absolute atomic E-state index is 0.118. The highest BCUT2D eigenvalue weighted by Gasteiger charge is 2.36. The van der Waals surface area contributed by atoms with E-state index in [2.05, 4.69) is 20.9 Å². The highest BCUT2D eigenvalue weighted by molar-refractivity contribution is 9.10. The van der Waals surface area contributed by atoms with E-state index in [9.17, 15) is 9.90 Å². The maximum atomic E-state index is 13.0. The van der Waals surface area contributed by atoms with Crippen LogP contribution in [-0.2, 0) is 11.3 Å². The molecular formula is C23H17BrN4O2. The average molecular weight is 461 g/mol. The standard InChI is InChI=1S/C23H17BrN4O2/c24-18-8-4-5-9-20(18)28-22(30)15-27(14-16-6-2-1-3-7-16)23(28)26-19-11-10-17(13-25)12-21(19)29/h1-12,29H,14-15H2. The smallest absolute Gasteiger partial charge is 0.253 e. The third-order valence-corrected chi connectivity index (χ3v) is 5.36. The Balaban J connectivity index is 1.81. The Bertz CT molecular complexity index is 1170. The Morgan fingerprint density at radius 1 is 1.07 bits per heavy atom. The first-order valence-electron chi connectivity index (χ1n) is 9.25. The Kier molecular flexibility index (Phi) is 5.50. The zero-order valence-electron chi connectivity index (χ0n) is 15.9. The fourth-order valence-electron chi connectivity index (χ4n) is 3.28. The summed E-state index contributed by atoms with van der Waals surface area (Å²) in [5.74, 6) is 0.174. The molecule has 7 heteroatoms. The molecule has 0 spiro atoms. The Hall–Kier alpha value is -3.63. The molecule has 1 heterocycles. The molecule has 1 N–H and O–H groups in total. The number of aromatic hydroxyl groups is 1. The number of phenolic OH excluding ortho intramolecular Hbond substituents is 1. The van der Waals surface area contributed by atoms with Gasteiger partial charge in [0.05, 0.1) is 17.3 Å². The zero-order chi connectivity index (χ0) is 21.1. The molecule has 3 aromatic rings. The van der Waals surface area contributed by atoms with Crippen LogP contribution in [0.1, 0.15) is 11.1 Å². The first-order chi connectivity index (χ1) is 14.6. The van der Waals surface area contributed by atoms with Crippen LogP contribution in [0, 0.1) is 11.3 Å². The number of guanidine groups is 1. The summed E-state index contributed by atoms with van der Waals surface area (Å²) in [6.07, 6.45) is 0. The average Bonchev–Trinajstić information content (AvgIpc) is 3.05. The van der Waals surface area contributed by atoms with Crippen molar-refractivity contribution >= 4 is 39.2 Å². The van der Waals surface area contributed by atoms with Gasteiger partial charge in [-0.1, -0.05) is 42.5 Å². The summed E-state index contributed by atoms with van der Waals surface area (Å²) in [4.78, 5) is 21.0. The molecule has 3 aromatic carbocycles. The van der Waals surface area contributed by atoms with Gasteiger partial charge in [-0.15, -0.1) is 0 Å². The molecular weight excluding hydrogens is 444 g/mol. The number of phenols is 1. The maximum absolute atomic E-state index is 13.0. The van der Waals surface area contributed by atoms with Crippen LogP contribution < -0.4 is 4.90 Å². The second-order valence-corrected chi connectivity index (χ2v) is 7.60. The Morgan fingerprint density at radius 2 is 1.80 bits per heavy atom. The van der Waals surface area contributed by atoms with Crippen LogP contribution >= 0.6 is 15.9 Å². The molecule has 30 heavy (non-hydrogen) atoms. The third-order valence-electron chi connectivity index (χ3n) is 4.69. The van der Waals surface area contributed by atoms with Gasteiger partial charge in [0.1, 0.15) is 18.0 Å². The zero-order valence-corrected chi connectivity index (χ0v) is 17.5. The molecule has 0 aromatic heterocycles. The lowest BCUT2D eigenvalue weighted by Crippen LogP contribution is -2.34.